The van der Waals surface area contributed by atoms with Gasteiger partial charge in [0.15, 0.2) is 10.8 Å². The molecule has 1 amide bonds. The molecule has 1 aromatic rings. The Morgan fingerprint density at radius 2 is 2.11 bits per heavy atom. The van der Waals surface area contributed by atoms with Crippen molar-refractivity contribution in [3.05, 3.63) is 23.0 Å². The molecule has 2 rings (SSSR count). The first kappa shape index (κ1) is 13.3. The van der Waals surface area contributed by atoms with Gasteiger partial charge in [-0.3, -0.25) is 4.79 Å². The van der Waals surface area contributed by atoms with Crippen LogP contribution in [0.25, 0.3) is 0 Å². The normalized spacial score (nSPS) is 20.2. The summed E-state index contributed by atoms with van der Waals surface area (Å²) < 4.78 is 0. The number of carbonyl (C=O) groups excluding carboxylic acids is 1. The zero-order valence-corrected chi connectivity index (χ0v) is 11.7. The third kappa shape index (κ3) is 2.80. The van der Waals surface area contributed by atoms with E-state index in [4.69, 9.17) is 11.6 Å². The number of likely N-dealkylation sites (tertiary alicyclic amines) is 1. The summed E-state index contributed by atoms with van der Waals surface area (Å²) in [6, 6.07) is 3.22. The second-order valence-corrected chi connectivity index (χ2v) is 6.23. The number of amides is 1. The highest BCUT2D eigenvalue weighted by Crippen LogP contribution is 2.33. The van der Waals surface area contributed by atoms with Crippen LogP contribution in [-0.4, -0.2) is 34.1 Å². The van der Waals surface area contributed by atoms with Gasteiger partial charge < -0.3 is 4.90 Å². The number of hydrogen-bond acceptors (Lipinski definition) is 3. The van der Waals surface area contributed by atoms with Gasteiger partial charge in [-0.25, -0.2) is 0 Å². The Balaban J connectivity index is 2.06. The van der Waals surface area contributed by atoms with E-state index in [0.29, 0.717) is 16.8 Å². The van der Waals surface area contributed by atoms with Crippen LogP contribution in [0.15, 0.2) is 12.1 Å². The monoisotopic (exact) mass is 267 g/mol. The summed E-state index contributed by atoms with van der Waals surface area (Å²) in [5.41, 5.74) is 0.606. The molecule has 0 bridgehead atoms. The van der Waals surface area contributed by atoms with E-state index in [1.807, 2.05) is 4.90 Å². The van der Waals surface area contributed by atoms with E-state index in [1.54, 1.807) is 12.1 Å². The molecule has 1 aliphatic heterocycles. The van der Waals surface area contributed by atoms with Crippen LogP contribution in [0.5, 0.6) is 0 Å². The van der Waals surface area contributed by atoms with Gasteiger partial charge in [0.2, 0.25) is 0 Å². The minimum Gasteiger partial charge on any atom is -0.337 e. The fourth-order valence-corrected chi connectivity index (χ4v) is 2.34. The summed E-state index contributed by atoms with van der Waals surface area (Å²) in [6.45, 7) is 8.24. The minimum absolute atomic E-state index is 0.0501. The minimum atomic E-state index is -0.0501. The van der Waals surface area contributed by atoms with E-state index in [-0.39, 0.29) is 11.3 Å². The molecular formula is C13H18ClN3O. The molecule has 0 spiro atoms. The van der Waals surface area contributed by atoms with Crippen molar-refractivity contribution in [2.24, 2.45) is 11.3 Å². The van der Waals surface area contributed by atoms with Crippen molar-refractivity contribution in [1.82, 2.24) is 15.1 Å². The van der Waals surface area contributed by atoms with E-state index in [0.717, 1.165) is 19.5 Å². The van der Waals surface area contributed by atoms with Crippen LogP contribution in [0.1, 0.15) is 37.7 Å². The second kappa shape index (κ2) is 4.84. The molecule has 0 aliphatic carbocycles. The topological polar surface area (TPSA) is 46.1 Å². The molecule has 98 valence electrons. The van der Waals surface area contributed by atoms with Gasteiger partial charge in [-0.05, 0) is 29.9 Å². The standard InChI is InChI=1S/C13H18ClN3O/c1-13(2,3)9-6-7-17(8-9)12(18)10-4-5-11(14)16-15-10/h4-5,9H,6-8H2,1-3H3. The first-order valence-electron chi connectivity index (χ1n) is 6.16. The van der Waals surface area contributed by atoms with Crippen LogP contribution < -0.4 is 0 Å². The van der Waals surface area contributed by atoms with Crippen molar-refractivity contribution in [3.8, 4) is 0 Å². The molecule has 1 atom stereocenters. The van der Waals surface area contributed by atoms with Crippen LogP contribution in [0.2, 0.25) is 5.15 Å². The van der Waals surface area contributed by atoms with Crippen molar-refractivity contribution in [1.29, 1.82) is 0 Å². The lowest BCUT2D eigenvalue weighted by molar-refractivity contribution is 0.0769. The second-order valence-electron chi connectivity index (χ2n) is 5.84. The first-order chi connectivity index (χ1) is 8.38. The van der Waals surface area contributed by atoms with Gasteiger partial charge in [0.1, 0.15) is 0 Å². The summed E-state index contributed by atoms with van der Waals surface area (Å²) in [6.07, 6.45) is 1.05. The molecule has 18 heavy (non-hydrogen) atoms. The summed E-state index contributed by atoms with van der Waals surface area (Å²) in [7, 11) is 0. The van der Waals surface area contributed by atoms with Gasteiger partial charge in [0.05, 0.1) is 0 Å². The van der Waals surface area contributed by atoms with Crippen molar-refractivity contribution in [3.63, 3.8) is 0 Å². The average molecular weight is 268 g/mol. The molecule has 4 nitrogen and oxygen atoms in total. The van der Waals surface area contributed by atoms with Crippen molar-refractivity contribution >= 4 is 17.5 Å². The molecule has 0 radical (unpaired) electrons. The summed E-state index contributed by atoms with van der Waals surface area (Å²) in [4.78, 5) is 14.1. The molecule has 1 aliphatic rings. The Hall–Kier alpha value is -1.16. The summed E-state index contributed by atoms with van der Waals surface area (Å²) >= 11 is 5.66. The number of nitrogens with zero attached hydrogens (tertiary/aromatic N) is 3. The highest BCUT2D eigenvalue weighted by atomic mass is 35.5. The van der Waals surface area contributed by atoms with Crippen LogP contribution >= 0.6 is 11.6 Å². The quantitative estimate of drug-likeness (QED) is 0.786. The fourth-order valence-electron chi connectivity index (χ4n) is 2.24. The molecule has 5 heteroatoms. The maximum atomic E-state index is 12.2. The van der Waals surface area contributed by atoms with Gasteiger partial charge in [0.25, 0.3) is 5.91 Å². The third-order valence-corrected chi connectivity index (χ3v) is 3.75. The highest BCUT2D eigenvalue weighted by molar-refractivity contribution is 6.29. The lowest BCUT2D eigenvalue weighted by atomic mass is 9.80. The molecule has 0 N–H and O–H groups in total. The van der Waals surface area contributed by atoms with E-state index in [1.165, 1.54) is 0 Å². The Morgan fingerprint density at radius 3 is 2.61 bits per heavy atom. The van der Waals surface area contributed by atoms with E-state index < -0.39 is 0 Å². The van der Waals surface area contributed by atoms with Gasteiger partial charge >= 0.3 is 0 Å². The molecule has 0 saturated carbocycles. The molecule has 1 saturated heterocycles. The Bertz CT molecular complexity index is 439. The smallest absolute Gasteiger partial charge is 0.274 e. The predicted molar refractivity (Wildman–Crippen MR) is 70.5 cm³/mol. The molecule has 0 aromatic carbocycles. The Labute approximate surface area is 112 Å². The van der Waals surface area contributed by atoms with E-state index >= 15 is 0 Å². The van der Waals surface area contributed by atoms with Gasteiger partial charge in [-0.1, -0.05) is 32.4 Å². The zero-order valence-electron chi connectivity index (χ0n) is 11.0. The van der Waals surface area contributed by atoms with Crippen LogP contribution in [0, 0.1) is 11.3 Å². The van der Waals surface area contributed by atoms with Gasteiger partial charge in [-0.2, -0.15) is 0 Å². The van der Waals surface area contributed by atoms with Crippen LogP contribution in [0.4, 0.5) is 0 Å². The Morgan fingerprint density at radius 1 is 1.39 bits per heavy atom. The van der Waals surface area contributed by atoms with Gasteiger partial charge in [0, 0.05) is 13.1 Å². The lowest BCUT2D eigenvalue weighted by Gasteiger charge is -2.26. The van der Waals surface area contributed by atoms with E-state index in [9.17, 15) is 4.79 Å². The highest BCUT2D eigenvalue weighted by Gasteiger charge is 2.34. The zero-order chi connectivity index (χ0) is 13.3. The number of rotatable bonds is 1. The largest absolute Gasteiger partial charge is 0.337 e. The number of aromatic nitrogens is 2. The molecular weight excluding hydrogens is 250 g/mol. The average Bonchev–Trinajstić information content (AvgIpc) is 2.78. The Kier molecular flexibility index (Phi) is 3.57. The number of halogens is 1. The fraction of sp³-hybridized carbons (Fsp3) is 0.615. The van der Waals surface area contributed by atoms with Crippen molar-refractivity contribution < 1.29 is 4.79 Å². The van der Waals surface area contributed by atoms with Crippen LogP contribution in [0.3, 0.4) is 0 Å². The van der Waals surface area contributed by atoms with Crippen molar-refractivity contribution in [2.75, 3.05) is 13.1 Å². The maximum Gasteiger partial charge on any atom is 0.274 e. The summed E-state index contributed by atoms with van der Waals surface area (Å²) in [5, 5.41) is 7.85. The summed E-state index contributed by atoms with van der Waals surface area (Å²) in [5.74, 6) is 0.493. The lowest BCUT2D eigenvalue weighted by Crippen LogP contribution is -2.31. The van der Waals surface area contributed by atoms with Gasteiger partial charge in [-0.15, -0.1) is 10.2 Å². The third-order valence-electron chi connectivity index (χ3n) is 3.55. The van der Waals surface area contributed by atoms with E-state index in [2.05, 4.69) is 31.0 Å². The molecule has 1 unspecified atom stereocenters. The predicted octanol–water partition coefficient (Wildman–Crippen LogP) is 2.64. The SMILES string of the molecule is CC(C)(C)C1CCN(C(=O)c2ccc(Cl)nn2)C1. The first-order valence-corrected chi connectivity index (χ1v) is 6.54. The molecule has 1 aromatic heterocycles. The maximum absolute atomic E-state index is 12.2. The molecule has 2 heterocycles. The van der Waals surface area contributed by atoms with Crippen molar-refractivity contribution in [2.45, 2.75) is 27.2 Å². The van der Waals surface area contributed by atoms with Crippen LogP contribution in [-0.2, 0) is 0 Å². The number of hydrogen-bond donors (Lipinski definition) is 0. The molecule has 1 fully saturated rings. The number of carbonyl (C=O) groups is 1.